The van der Waals surface area contributed by atoms with Crippen molar-refractivity contribution in [2.24, 2.45) is 0 Å². The van der Waals surface area contributed by atoms with Crippen molar-refractivity contribution in [3.63, 3.8) is 0 Å². The maximum atomic E-state index is 7.33. The molecule has 0 amide bonds. The van der Waals surface area contributed by atoms with Gasteiger partial charge >= 0.3 is 27.9 Å². The fourth-order valence-corrected chi connectivity index (χ4v) is 0. The average molecular weight is 160 g/mol. The molecule has 0 spiro atoms. The van der Waals surface area contributed by atoms with Crippen molar-refractivity contribution in [1.82, 2.24) is 0 Å². The Hall–Kier alpha value is 0.654. The van der Waals surface area contributed by atoms with Gasteiger partial charge in [0.15, 0.2) is 0 Å². The van der Waals surface area contributed by atoms with Crippen molar-refractivity contribution in [1.29, 1.82) is 0 Å². The van der Waals surface area contributed by atoms with E-state index in [2.05, 4.69) is 13.8 Å². The van der Waals surface area contributed by atoms with Crippen LogP contribution in [0.4, 0.5) is 0 Å². The molecule has 0 rings (SSSR count). The molecular weight excluding hydrogens is 147 g/mol. The molecule has 0 aliphatic heterocycles. The van der Waals surface area contributed by atoms with Crippen molar-refractivity contribution in [3.8, 4) is 0 Å². The summed E-state index contributed by atoms with van der Waals surface area (Å²) in [6, 6.07) is 0. The Morgan fingerprint density at radius 2 is 1.30 bits per heavy atom. The third-order valence-electron chi connectivity index (χ3n) is 0.354. The van der Waals surface area contributed by atoms with E-state index < -0.39 is 9.05 Å². The van der Waals surface area contributed by atoms with E-state index >= 15 is 0 Å². The third-order valence-corrected chi connectivity index (χ3v) is 0.354. The van der Waals surface area contributed by atoms with E-state index in [1.54, 1.807) is 0 Å². The molecule has 0 fully saturated rings. The van der Waals surface area contributed by atoms with Crippen LogP contribution in [0, 0.1) is 6.92 Å². The summed E-state index contributed by atoms with van der Waals surface area (Å²) >= 11 is 0. The molecule has 58 valence electrons. The molecule has 4 N–H and O–H groups in total. The largest absolute Gasteiger partial charge is 1.00 e. The summed E-state index contributed by atoms with van der Waals surface area (Å²) in [5.41, 5.74) is 0. The average Bonchev–Trinajstić information content (AvgIpc) is 1.61. The fourth-order valence-electron chi connectivity index (χ4n) is 0. The van der Waals surface area contributed by atoms with Crippen LogP contribution < -0.4 is 18.9 Å². The Labute approximate surface area is 74.2 Å². The molecule has 0 aromatic rings. The topological polar surface area (TPSA) is 80.9 Å². The molecule has 0 saturated carbocycles. The number of unbranched alkanes of at least 4 members (excludes halogenated alkanes) is 1. The van der Waals surface area contributed by atoms with Gasteiger partial charge in [0.05, 0.1) is 0 Å². The first kappa shape index (κ1) is 16.9. The van der Waals surface area contributed by atoms with Gasteiger partial charge < -0.3 is 26.1 Å². The minimum atomic E-state index is -4.61. The van der Waals surface area contributed by atoms with E-state index in [0.717, 1.165) is 6.42 Å². The van der Waals surface area contributed by atoms with Crippen molar-refractivity contribution < 1.29 is 38.0 Å². The Bertz CT molecular complexity index is 47.7. The van der Waals surface area contributed by atoms with Gasteiger partial charge in [0.1, 0.15) is 0 Å². The Balaban J connectivity index is -0.0000000910. The van der Waals surface area contributed by atoms with E-state index in [0.29, 0.717) is 0 Å². The van der Waals surface area contributed by atoms with Gasteiger partial charge in [-0.3, -0.25) is 0 Å². The SMILES string of the molecule is O[Si](O)(O)O.[CH2-]CCC.[Li+]. The summed E-state index contributed by atoms with van der Waals surface area (Å²) in [7, 11) is -4.61. The van der Waals surface area contributed by atoms with Crippen molar-refractivity contribution in [3.05, 3.63) is 6.92 Å². The van der Waals surface area contributed by atoms with Crippen molar-refractivity contribution in [2.45, 2.75) is 19.8 Å². The minimum absolute atomic E-state index is 0. The van der Waals surface area contributed by atoms with Gasteiger partial charge in [0.25, 0.3) is 0 Å². The first-order chi connectivity index (χ1) is 3.91. The minimum Gasteiger partial charge on any atom is -0.368 e. The van der Waals surface area contributed by atoms with E-state index in [-0.39, 0.29) is 18.9 Å². The smallest absolute Gasteiger partial charge is 0.368 e. The van der Waals surface area contributed by atoms with Gasteiger partial charge in [0, 0.05) is 0 Å². The normalized spacial score (nSPS) is 9.00. The molecule has 10 heavy (non-hydrogen) atoms. The first-order valence-electron chi connectivity index (χ1n) is 2.60. The van der Waals surface area contributed by atoms with E-state index in [9.17, 15) is 0 Å². The summed E-state index contributed by atoms with van der Waals surface area (Å²) in [4.78, 5) is 29.3. The van der Waals surface area contributed by atoms with E-state index in [4.69, 9.17) is 19.2 Å². The van der Waals surface area contributed by atoms with Gasteiger partial charge in [0.2, 0.25) is 0 Å². The second-order valence-electron chi connectivity index (χ2n) is 1.45. The van der Waals surface area contributed by atoms with Gasteiger partial charge in [-0.1, -0.05) is 13.3 Å². The van der Waals surface area contributed by atoms with Crippen molar-refractivity contribution in [2.75, 3.05) is 0 Å². The Morgan fingerprint density at radius 1 is 1.20 bits per heavy atom. The van der Waals surface area contributed by atoms with Crippen LogP contribution in [0.1, 0.15) is 19.8 Å². The second-order valence-corrected chi connectivity index (χ2v) is 2.65. The zero-order valence-corrected chi connectivity index (χ0v) is 7.41. The fraction of sp³-hybridized carbons (Fsp3) is 0.750. The van der Waals surface area contributed by atoms with Crippen LogP contribution >= 0.6 is 0 Å². The maximum absolute atomic E-state index is 7.33. The van der Waals surface area contributed by atoms with Crippen molar-refractivity contribution >= 4 is 9.05 Å². The van der Waals surface area contributed by atoms with Gasteiger partial charge in [-0.05, 0) is 0 Å². The van der Waals surface area contributed by atoms with Crippen LogP contribution in [0.5, 0.6) is 0 Å². The molecule has 0 atom stereocenters. The number of rotatable bonds is 1. The molecule has 0 bridgehead atoms. The van der Waals surface area contributed by atoms with Crippen LogP contribution in [-0.2, 0) is 0 Å². The Kier molecular flexibility index (Phi) is 16.4. The van der Waals surface area contributed by atoms with Crippen LogP contribution in [-0.4, -0.2) is 28.2 Å². The van der Waals surface area contributed by atoms with Gasteiger partial charge in [-0.15, -0.1) is 0 Å². The molecule has 4 nitrogen and oxygen atoms in total. The quantitative estimate of drug-likeness (QED) is 0.233. The summed E-state index contributed by atoms with van der Waals surface area (Å²) in [5.74, 6) is 0. The first-order valence-corrected chi connectivity index (χ1v) is 4.39. The van der Waals surface area contributed by atoms with E-state index in [1.165, 1.54) is 6.42 Å². The molecule has 6 heteroatoms. The second kappa shape index (κ2) is 9.65. The van der Waals surface area contributed by atoms with Gasteiger partial charge in [-0.2, -0.15) is 6.42 Å². The van der Waals surface area contributed by atoms with Crippen LogP contribution in [0.3, 0.4) is 0 Å². The Morgan fingerprint density at radius 3 is 1.30 bits per heavy atom. The maximum Gasteiger partial charge on any atom is 1.00 e. The predicted octanol–water partition coefficient (Wildman–Crippen LogP) is -3.98. The molecule has 0 aliphatic rings. The molecule has 0 aromatic carbocycles. The molecule has 0 radical (unpaired) electrons. The summed E-state index contributed by atoms with van der Waals surface area (Å²) in [6.07, 6.45) is 2.28. The molecule has 0 saturated heterocycles. The summed E-state index contributed by atoms with van der Waals surface area (Å²) < 4.78 is 0. The van der Waals surface area contributed by atoms with Crippen LogP contribution in [0.15, 0.2) is 0 Å². The number of hydrogen-bond acceptors (Lipinski definition) is 4. The molecule has 0 aliphatic carbocycles. The summed E-state index contributed by atoms with van der Waals surface area (Å²) in [5, 5.41) is 0. The summed E-state index contributed by atoms with van der Waals surface area (Å²) in [6.45, 7) is 5.72. The molecule has 0 heterocycles. The van der Waals surface area contributed by atoms with Crippen LogP contribution in [0.25, 0.3) is 0 Å². The predicted molar refractivity (Wildman–Crippen MR) is 34.9 cm³/mol. The molecule has 0 aromatic heterocycles. The third kappa shape index (κ3) is 185. The van der Waals surface area contributed by atoms with Crippen LogP contribution in [0.2, 0.25) is 0 Å². The molecular formula is C4H13LiO4Si. The number of hydrogen-bond donors (Lipinski definition) is 4. The zero-order valence-electron chi connectivity index (χ0n) is 6.41. The monoisotopic (exact) mass is 160 g/mol. The zero-order chi connectivity index (χ0) is 7.91. The van der Waals surface area contributed by atoms with E-state index in [1.807, 2.05) is 0 Å². The van der Waals surface area contributed by atoms with Gasteiger partial charge in [-0.25, -0.2) is 0 Å². The standard InChI is InChI=1S/C4H9.Li.H4O4Si/c1-3-4-2;;1-5(2,3)4/h1,3-4H2,2H3;;1-4H/q-1;+1;. The molecule has 0 unspecified atom stereocenters.